The molecule has 0 amide bonds. The van der Waals surface area contributed by atoms with Crippen LogP contribution in [-0.2, 0) is 11.3 Å². The Hall–Kier alpha value is -0.770. The van der Waals surface area contributed by atoms with E-state index in [2.05, 4.69) is 4.90 Å². The fourth-order valence-electron chi connectivity index (χ4n) is 2.43. The predicted molar refractivity (Wildman–Crippen MR) is 72.1 cm³/mol. The van der Waals surface area contributed by atoms with Crippen molar-refractivity contribution in [1.29, 1.82) is 0 Å². The Bertz CT molecular complexity index is 464. The van der Waals surface area contributed by atoms with Crippen LogP contribution in [0.5, 0.6) is 0 Å². The average molecular weight is 288 g/mol. The van der Waals surface area contributed by atoms with Crippen molar-refractivity contribution in [2.75, 3.05) is 6.54 Å². The van der Waals surface area contributed by atoms with E-state index in [1.54, 1.807) is 12.1 Å². The average Bonchev–Trinajstić information content (AvgIpc) is 2.64. The predicted octanol–water partition coefficient (Wildman–Crippen LogP) is 3.29. The fraction of sp³-hybridized carbons (Fsp3) is 0.462. The molecule has 2 atom stereocenters. The van der Waals surface area contributed by atoms with Gasteiger partial charge in [-0.2, -0.15) is 0 Å². The Kier molecular flexibility index (Phi) is 4.15. The molecule has 0 aromatic heterocycles. The van der Waals surface area contributed by atoms with Gasteiger partial charge in [0.1, 0.15) is 0 Å². The van der Waals surface area contributed by atoms with E-state index in [0.29, 0.717) is 23.0 Å². The lowest BCUT2D eigenvalue weighted by Gasteiger charge is -2.23. The van der Waals surface area contributed by atoms with Crippen molar-refractivity contribution in [2.24, 2.45) is 5.92 Å². The number of aliphatic carboxylic acids is 1. The van der Waals surface area contributed by atoms with Gasteiger partial charge < -0.3 is 5.11 Å². The first-order valence-electron chi connectivity index (χ1n) is 5.90. The Labute approximate surface area is 116 Å². The molecule has 0 bridgehead atoms. The van der Waals surface area contributed by atoms with Gasteiger partial charge in [0.25, 0.3) is 0 Å². The number of hydrogen-bond donors (Lipinski definition) is 1. The van der Waals surface area contributed by atoms with Crippen molar-refractivity contribution in [2.45, 2.75) is 25.9 Å². The summed E-state index contributed by atoms with van der Waals surface area (Å²) in [4.78, 5) is 13.2. The third-order valence-corrected chi connectivity index (χ3v) is 4.18. The minimum atomic E-state index is -0.716. The molecular weight excluding hydrogens is 273 g/mol. The zero-order chi connectivity index (χ0) is 13.3. The second kappa shape index (κ2) is 5.47. The maximum absolute atomic E-state index is 11.1. The summed E-state index contributed by atoms with van der Waals surface area (Å²) in [5.74, 6) is -0.997. The smallest absolute Gasteiger partial charge is 0.308 e. The van der Waals surface area contributed by atoms with Crippen LogP contribution in [0.4, 0.5) is 0 Å². The van der Waals surface area contributed by atoms with Crippen LogP contribution < -0.4 is 0 Å². The lowest BCUT2D eigenvalue weighted by molar-refractivity contribution is -0.142. The van der Waals surface area contributed by atoms with Gasteiger partial charge in [-0.25, -0.2) is 0 Å². The van der Waals surface area contributed by atoms with Gasteiger partial charge in [0.05, 0.1) is 5.92 Å². The number of carboxylic acids is 1. The van der Waals surface area contributed by atoms with Crippen molar-refractivity contribution in [3.63, 3.8) is 0 Å². The van der Waals surface area contributed by atoms with Gasteiger partial charge in [-0.1, -0.05) is 29.3 Å². The van der Waals surface area contributed by atoms with Gasteiger partial charge in [0.2, 0.25) is 0 Å². The van der Waals surface area contributed by atoms with Crippen LogP contribution >= 0.6 is 23.2 Å². The first-order chi connectivity index (χ1) is 8.49. The van der Waals surface area contributed by atoms with Crippen LogP contribution in [0.15, 0.2) is 18.2 Å². The first kappa shape index (κ1) is 13.7. The molecule has 2 unspecified atom stereocenters. The highest BCUT2D eigenvalue weighted by atomic mass is 35.5. The van der Waals surface area contributed by atoms with Crippen LogP contribution in [-0.4, -0.2) is 28.6 Å². The SMILES string of the molecule is CC1C(C(=O)O)CCN1Cc1ccc(Cl)cc1Cl. The standard InChI is InChI=1S/C13H15Cl2NO2/c1-8-11(13(17)18)4-5-16(8)7-9-2-3-10(14)6-12(9)15/h2-3,6,8,11H,4-5,7H2,1H3,(H,17,18). The highest BCUT2D eigenvalue weighted by Crippen LogP contribution is 2.28. The van der Waals surface area contributed by atoms with E-state index in [1.807, 2.05) is 13.0 Å². The molecule has 5 heteroatoms. The molecule has 1 aliphatic rings. The highest BCUT2D eigenvalue weighted by Gasteiger charge is 2.35. The van der Waals surface area contributed by atoms with Crippen molar-refractivity contribution >= 4 is 29.2 Å². The Morgan fingerprint density at radius 1 is 1.50 bits per heavy atom. The van der Waals surface area contributed by atoms with Gasteiger partial charge in [0.15, 0.2) is 0 Å². The summed E-state index contributed by atoms with van der Waals surface area (Å²) in [5, 5.41) is 10.3. The zero-order valence-electron chi connectivity index (χ0n) is 10.1. The van der Waals surface area contributed by atoms with E-state index in [9.17, 15) is 4.79 Å². The van der Waals surface area contributed by atoms with E-state index < -0.39 is 5.97 Å². The van der Waals surface area contributed by atoms with E-state index in [4.69, 9.17) is 28.3 Å². The first-order valence-corrected chi connectivity index (χ1v) is 6.65. The molecule has 0 aliphatic carbocycles. The summed E-state index contributed by atoms with van der Waals surface area (Å²) in [7, 11) is 0. The molecule has 1 fully saturated rings. The summed E-state index contributed by atoms with van der Waals surface area (Å²) >= 11 is 12.0. The van der Waals surface area contributed by atoms with Crippen LogP contribution in [0.2, 0.25) is 10.0 Å². The largest absolute Gasteiger partial charge is 0.481 e. The topological polar surface area (TPSA) is 40.5 Å². The summed E-state index contributed by atoms with van der Waals surface area (Å²) in [6.07, 6.45) is 0.696. The molecule has 3 nitrogen and oxygen atoms in total. The molecule has 1 N–H and O–H groups in total. The molecule has 1 aliphatic heterocycles. The molecule has 1 heterocycles. The van der Waals surface area contributed by atoms with E-state index in [-0.39, 0.29) is 12.0 Å². The van der Waals surface area contributed by atoms with Gasteiger partial charge in [-0.15, -0.1) is 0 Å². The summed E-state index contributed by atoms with van der Waals surface area (Å²) < 4.78 is 0. The molecule has 98 valence electrons. The number of carboxylic acid groups (broad SMARTS) is 1. The Morgan fingerprint density at radius 3 is 2.78 bits per heavy atom. The highest BCUT2D eigenvalue weighted by molar-refractivity contribution is 6.35. The third kappa shape index (κ3) is 2.79. The van der Waals surface area contributed by atoms with E-state index >= 15 is 0 Å². The number of nitrogens with zero attached hydrogens (tertiary/aromatic N) is 1. The van der Waals surface area contributed by atoms with Gasteiger partial charge in [-0.3, -0.25) is 9.69 Å². The zero-order valence-corrected chi connectivity index (χ0v) is 11.6. The summed E-state index contributed by atoms with van der Waals surface area (Å²) in [6, 6.07) is 5.45. The number of benzene rings is 1. The lowest BCUT2D eigenvalue weighted by atomic mass is 10.0. The number of carbonyl (C=O) groups is 1. The quantitative estimate of drug-likeness (QED) is 0.927. The van der Waals surface area contributed by atoms with Crippen LogP contribution in [0.25, 0.3) is 0 Å². The second-order valence-corrected chi connectivity index (χ2v) is 5.52. The van der Waals surface area contributed by atoms with Gasteiger partial charge in [-0.05, 0) is 37.6 Å². The fourth-order valence-corrected chi connectivity index (χ4v) is 2.89. The number of rotatable bonds is 3. The van der Waals surface area contributed by atoms with Crippen LogP contribution in [0, 0.1) is 5.92 Å². The van der Waals surface area contributed by atoms with Crippen molar-refractivity contribution in [3.05, 3.63) is 33.8 Å². The lowest BCUT2D eigenvalue weighted by Crippen LogP contribution is -2.32. The van der Waals surface area contributed by atoms with Crippen molar-refractivity contribution < 1.29 is 9.90 Å². The molecule has 1 aromatic rings. The maximum Gasteiger partial charge on any atom is 0.308 e. The van der Waals surface area contributed by atoms with Crippen LogP contribution in [0.1, 0.15) is 18.9 Å². The molecule has 18 heavy (non-hydrogen) atoms. The maximum atomic E-state index is 11.1. The molecule has 0 radical (unpaired) electrons. The summed E-state index contributed by atoms with van der Waals surface area (Å²) in [5.41, 5.74) is 0.985. The van der Waals surface area contributed by atoms with Gasteiger partial charge >= 0.3 is 5.97 Å². The molecule has 0 saturated carbocycles. The third-order valence-electron chi connectivity index (χ3n) is 3.59. The number of hydrogen-bond acceptors (Lipinski definition) is 2. The molecule has 1 saturated heterocycles. The molecule has 1 aromatic carbocycles. The minimum Gasteiger partial charge on any atom is -0.481 e. The molecule has 2 rings (SSSR count). The minimum absolute atomic E-state index is 0.0363. The summed E-state index contributed by atoms with van der Waals surface area (Å²) in [6.45, 7) is 3.41. The van der Waals surface area contributed by atoms with E-state index in [1.165, 1.54) is 0 Å². The van der Waals surface area contributed by atoms with Crippen LogP contribution in [0.3, 0.4) is 0 Å². The monoisotopic (exact) mass is 287 g/mol. The molecular formula is C13H15Cl2NO2. The van der Waals surface area contributed by atoms with E-state index in [0.717, 1.165) is 12.1 Å². The normalized spacial score (nSPS) is 24.4. The van der Waals surface area contributed by atoms with Crippen molar-refractivity contribution in [3.8, 4) is 0 Å². The Balaban J connectivity index is 2.09. The van der Waals surface area contributed by atoms with Crippen molar-refractivity contribution in [1.82, 2.24) is 4.90 Å². The molecule has 0 spiro atoms. The number of halogens is 2. The Morgan fingerprint density at radius 2 is 2.22 bits per heavy atom. The second-order valence-electron chi connectivity index (χ2n) is 4.68. The number of likely N-dealkylation sites (tertiary alicyclic amines) is 1. The van der Waals surface area contributed by atoms with Gasteiger partial charge in [0, 0.05) is 22.6 Å².